The van der Waals surface area contributed by atoms with Crippen LogP contribution in [0.4, 0.5) is 34.1 Å². The predicted octanol–water partition coefficient (Wildman–Crippen LogP) is 9.93. The summed E-state index contributed by atoms with van der Waals surface area (Å²) in [5.74, 6) is 0. The first-order chi connectivity index (χ1) is 16.7. The Morgan fingerprint density at radius 1 is 0.382 bits per heavy atom. The lowest BCUT2D eigenvalue weighted by atomic mass is 10.1. The number of benzene rings is 5. The maximum Gasteiger partial charge on any atom is 0.0888 e. The van der Waals surface area contributed by atoms with Gasteiger partial charge in [0.25, 0.3) is 0 Å². The van der Waals surface area contributed by atoms with Crippen LogP contribution in [0.2, 0.25) is 10.0 Å². The van der Waals surface area contributed by atoms with Gasteiger partial charge in [-0.15, -0.1) is 0 Å². The monoisotopic (exact) mass is 480 g/mol. The normalized spacial score (nSPS) is 10.6. The molecule has 0 spiro atoms. The van der Waals surface area contributed by atoms with Crippen molar-refractivity contribution in [3.63, 3.8) is 0 Å². The third-order valence-electron chi connectivity index (χ3n) is 5.54. The SMILES string of the molecule is Clc1cc(N(c2ccccc2)c2ccccc2)c(Cl)c(N(c2ccccc2)c2ccccc2)c1. The lowest BCUT2D eigenvalue weighted by molar-refractivity contribution is 1.25. The zero-order valence-corrected chi connectivity index (χ0v) is 19.9. The van der Waals surface area contributed by atoms with E-state index in [0.717, 1.165) is 34.1 Å². The molecule has 34 heavy (non-hydrogen) atoms. The third-order valence-corrected chi connectivity index (χ3v) is 6.14. The van der Waals surface area contributed by atoms with E-state index in [1.807, 2.05) is 84.9 Å². The number of para-hydroxylation sites is 4. The number of nitrogens with zero attached hydrogens (tertiary/aromatic N) is 2. The van der Waals surface area contributed by atoms with Gasteiger partial charge >= 0.3 is 0 Å². The van der Waals surface area contributed by atoms with Crippen LogP contribution in [0.3, 0.4) is 0 Å². The minimum atomic E-state index is 0.600. The van der Waals surface area contributed by atoms with Crippen LogP contribution in [0.1, 0.15) is 0 Å². The Balaban J connectivity index is 1.75. The lowest BCUT2D eigenvalue weighted by Gasteiger charge is -2.31. The first kappa shape index (κ1) is 22.1. The number of rotatable bonds is 6. The van der Waals surface area contributed by atoms with Crippen LogP contribution in [0.25, 0.3) is 0 Å². The van der Waals surface area contributed by atoms with Gasteiger partial charge in [0.05, 0.1) is 16.4 Å². The van der Waals surface area contributed by atoms with Crippen LogP contribution >= 0.6 is 23.2 Å². The molecule has 0 aliphatic carbocycles. The van der Waals surface area contributed by atoms with E-state index in [2.05, 4.69) is 58.3 Å². The van der Waals surface area contributed by atoms with Crippen molar-refractivity contribution in [1.82, 2.24) is 0 Å². The Hall–Kier alpha value is -3.72. The Morgan fingerprint density at radius 3 is 0.912 bits per heavy atom. The van der Waals surface area contributed by atoms with Gasteiger partial charge < -0.3 is 9.80 Å². The summed E-state index contributed by atoms with van der Waals surface area (Å²) in [4.78, 5) is 4.26. The summed E-state index contributed by atoms with van der Waals surface area (Å²) in [5.41, 5.74) is 5.59. The topological polar surface area (TPSA) is 6.48 Å². The molecule has 0 aromatic heterocycles. The third kappa shape index (κ3) is 4.51. The molecule has 0 atom stereocenters. The van der Waals surface area contributed by atoms with E-state index < -0.39 is 0 Å². The van der Waals surface area contributed by atoms with Crippen LogP contribution in [-0.4, -0.2) is 0 Å². The summed E-state index contributed by atoms with van der Waals surface area (Å²) in [6.45, 7) is 0. The Labute approximate surface area is 210 Å². The highest BCUT2D eigenvalue weighted by Gasteiger charge is 2.23. The van der Waals surface area contributed by atoms with Gasteiger partial charge in [0, 0.05) is 27.8 Å². The molecule has 0 radical (unpaired) electrons. The van der Waals surface area contributed by atoms with Gasteiger partial charge in [-0.2, -0.15) is 0 Å². The summed E-state index contributed by atoms with van der Waals surface area (Å²) in [6.07, 6.45) is 0. The van der Waals surface area contributed by atoms with Crippen LogP contribution < -0.4 is 9.80 Å². The predicted molar refractivity (Wildman–Crippen MR) is 146 cm³/mol. The molecule has 4 heteroatoms. The molecule has 0 saturated carbocycles. The standard InChI is InChI=1S/C30H22Cl2N2/c31-23-21-28(33(24-13-5-1-6-14-24)25-15-7-2-8-16-25)30(32)29(22-23)34(26-17-9-3-10-18-26)27-19-11-4-12-20-27/h1-22H. The van der Waals surface area contributed by atoms with Crippen molar-refractivity contribution >= 4 is 57.3 Å². The highest BCUT2D eigenvalue weighted by atomic mass is 35.5. The molecule has 0 N–H and O–H groups in total. The molecule has 2 nitrogen and oxygen atoms in total. The molecule has 0 amide bonds. The summed E-state index contributed by atoms with van der Waals surface area (Å²) < 4.78 is 0. The molecule has 5 aromatic rings. The smallest absolute Gasteiger partial charge is 0.0888 e. The molecular formula is C30H22Cl2N2. The molecule has 0 bridgehead atoms. The van der Waals surface area contributed by atoms with Gasteiger partial charge in [-0.25, -0.2) is 0 Å². The van der Waals surface area contributed by atoms with Crippen LogP contribution in [0.15, 0.2) is 133 Å². The minimum absolute atomic E-state index is 0.600. The van der Waals surface area contributed by atoms with Crippen LogP contribution in [0, 0.1) is 0 Å². The van der Waals surface area contributed by atoms with Crippen molar-refractivity contribution in [2.24, 2.45) is 0 Å². The second kappa shape index (κ2) is 10.0. The molecule has 0 heterocycles. The molecule has 0 fully saturated rings. The van der Waals surface area contributed by atoms with Crippen molar-refractivity contribution in [2.45, 2.75) is 0 Å². The van der Waals surface area contributed by atoms with Gasteiger partial charge in [-0.1, -0.05) is 96.0 Å². The maximum atomic E-state index is 7.23. The number of hydrogen-bond acceptors (Lipinski definition) is 2. The lowest BCUT2D eigenvalue weighted by Crippen LogP contribution is -2.14. The molecule has 5 aromatic carbocycles. The minimum Gasteiger partial charge on any atom is -0.309 e. The largest absolute Gasteiger partial charge is 0.309 e. The van der Waals surface area contributed by atoms with Crippen molar-refractivity contribution < 1.29 is 0 Å². The first-order valence-electron chi connectivity index (χ1n) is 11.0. The Kier molecular flexibility index (Phi) is 6.53. The molecule has 0 aliphatic rings. The molecule has 0 saturated heterocycles. The van der Waals surface area contributed by atoms with Gasteiger partial charge in [0.1, 0.15) is 0 Å². The summed E-state index contributed by atoms with van der Waals surface area (Å²) in [6, 6.07) is 44.5. The Morgan fingerprint density at radius 2 is 0.647 bits per heavy atom. The number of hydrogen-bond donors (Lipinski definition) is 0. The van der Waals surface area contributed by atoms with E-state index in [9.17, 15) is 0 Å². The fourth-order valence-corrected chi connectivity index (χ4v) is 4.53. The number of halogens is 2. The van der Waals surface area contributed by atoms with Gasteiger partial charge in [-0.05, 0) is 60.7 Å². The van der Waals surface area contributed by atoms with Gasteiger partial charge in [0.15, 0.2) is 0 Å². The van der Waals surface area contributed by atoms with E-state index in [0.29, 0.717) is 10.0 Å². The van der Waals surface area contributed by atoms with Crippen LogP contribution in [-0.2, 0) is 0 Å². The average Bonchev–Trinajstić information content (AvgIpc) is 2.89. The fraction of sp³-hybridized carbons (Fsp3) is 0. The van der Waals surface area contributed by atoms with E-state index in [1.165, 1.54) is 0 Å². The van der Waals surface area contributed by atoms with Crippen LogP contribution in [0.5, 0.6) is 0 Å². The zero-order chi connectivity index (χ0) is 23.3. The summed E-state index contributed by atoms with van der Waals surface area (Å²) in [5, 5.41) is 1.20. The van der Waals surface area contributed by atoms with Crippen molar-refractivity contribution in [3.8, 4) is 0 Å². The highest BCUT2D eigenvalue weighted by Crippen LogP contribution is 2.47. The van der Waals surface area contributed by atoms with Gasteiger partial charge in [0.2, 0.25) is 0 Å². The molecule has 5 rings (SSSR count). The average molecular weight is 481 g/mol. The molecule has 0 aliphatic heterocycles. The number of anilines is 6. The van der Waals surface area contributed by atoms with Crippen molar-refractivity contribution in [1.29, 1.82) is 0 Å². The first-order valence-corrected chi connectivity index (χ1v) is 11.8. The van der Waals surface area contributed by atoms with Crippen molar-refractivity contribution in [2.75, 3.05) is 9.80 Å². The second-order valence-electron chi connectivity index (χ2n) is 7.77. The zero-order valence-electron chi connectivity index (χ0n) is 18.4. The van der Waals surface area contributed by atoms with Gasteiger partial charge in [-0.3, -0.25) is 0 Å². The quantitative estimate of drug-likeness (QED) is 0.238. The molecular weight excluding hydrogens is 459 g/mol. The van der Waals surface area contributed by atoms with E-state index >= 15 is 0 Å². The summed E-state index contributed by atoms with van der Waals surface area (Å²) >= 11 is 14.0. The summed E-state index contributed by atoms with van der Waals surface area (Å²) in [7, 11) is 0. The van der Waals surface area contributed by atoms with E-state index in [4.69, 9.17) is 23.2 Å². The molecule has 0 unspecified atom stereocenters. The van der Waals surface area contributed by atoms with Crippen molar-refractivity contribution in [3.05, 3.63) is 144 Å². The molecule has 166 valence electrons. The highest BCUT2D eigenvalue weighted by molar-refractivity contribution is 6.38. The van der Waals surface area contributed by atoms with E-state index in [-0.39, 0.29) is 0 Å². The maximum absolute atomic E-state index is 7.23. The van der Waals surface area contributed by atoms with E-state index in [1.54, 1.807) is 0 Å². The Bertz CT molecular complexity index is 1180. The fourth-order valence-electron chi connectivity index (χ4n) is 4.05. The second-order valence-corrected chi connectivity index (χ2v) is 8.59.